The molecule has 1 saturated carbocycles. The molecule has 1 aromatic heterocycles. The molecular formula is C28H24FN3O3. The number of fused-ring (bicyclic) bond motifs is 1. The average molecular weight is 470 g/mol. The van der Waals surface area contributed by atoms with Crippen LogP contribution in [0, 0.1) is 18.7 Å². The molecule has 4 aromatic rings. The second-order valence-electron chi connectivity index (χ2n) is 9.51. The third kappa shape index (κ3) is 4.02. The van der Waals surface area contributed by atoms with Crippen LogP contribution in [0.25, 0.3) is 34.0 Å². The van der Waals surface area contributed by atoms with Crippen LogP contribution in [0.3, 0.4) is 0 Å². The van der Waals surface area contributed by atoms with E-state index in [0.717, 1.165) is 53.7 Å². The fourth-order valence-electron chi connectivity index (χ4n) is 5.14. The highest BCUT2D eigenvalue weighted by Gasteiger charge is 2.39. The number of carboxylic acid groups (broad SMARTS) is 1. The van der Waals surface area contributed by atoms with Crippen LogP contribution >= 0.6 is 0 Å². The summed E-state index contributed by atoms with van der Waals surface area (Å²) in [6.07, 6.45) is 1.45. The highest BCUT2D eigenvalue weighted by molar-refractivity contribution is 5.72. The van der Waals surface area contributed by atoms with Gasteiger partial charge in [0.15, 0.2) is 0 Å². The Kier molecular flexibility index (Phi) is 5.22. The average Bonchev–Trinajstić information content (AvgIpc) is 3.44. The molecular weight excluding hydrogens is 445 g/mol. The number of rotatable bonds is 5. The van der Waals surface area contributed by atoms with Crippen molar-refractivity contribution in [1.29, 1.82) is 0 Å². The van der Waals surface area contributed by atoms with Gasteiger partial charge in [-0.15, -0.1) is 0 Å². The number of nitrogens with zero attached hydrogens (tertiary/aromatic N) is 3. The van der Waals surface area contributed by atoms with E-state index in [0.29, 0.717) is 17.8 Å². The summed E-state index contributed by atoms with van der Waals surface area (Å²) < 4.78 is 19.2. The van der Waals surface area contributed by atoms with Crippen LogP contribution in [0.4, 0.5) is 4.39 Å². The zero-order valence-corrected chi connectivity index (χ0v) is 19.2. The first-order valence-corrected chi connectivity index (χ1v) is 11.7. The number of aromatic nitrogens is 2. The Bertz CT molecular complexity index is 1440. The van der Waals surface area contributed by atoms with Gasteiger partial charge < -0.3 is 9.63 Å². The van der Waals surface area contributed by atoms with E-state index in [2.05, 4.69) is 27.2 Å². The Morgan fingerprint density at radius 3 is 2.57 bits per heavy atom. The van der Waals surface area contributed by atoms with E-state index < -0.39 is 5.97 Å². The van der Waals surface area contributed by atoms with E-state index in [1.165, 1.54) is 23.3 Å². The molecule has 2 aliphatic rings. The maximum Gasteiger partial charge on any atom is 0.306 e. The summed E-state index contributed by atoms with van der Waals surface area (Å²) in [5.74, 6) is -0.189. The van der Waals surface area contributed by atoms with Gasteiger partial charge in [-0.2, -0.15) is 4.98 Å². The van der Waals surface area contributed by atoms with E-state index >= 15 is 0 Å². The third-order valence-corrected chi connectivity index (χ3v) is 7.23. The molecule has 0 bridgehead atoms. The Labute approximate surface area is 202 Å². The van der Waals surface area contributed by atoms with Gasteiger partial charge in [0.1, 0.15) is 5.82 Å². The molecule has 35 heavy (non-hydrogen) atoms. The quantitative estimate of drug-likeness (QED) is 0.404. The fourth-order valence-corrected chi connectivity index (χ4v) is 5.14. The molecule has 0 amide bonds. The number of aryl methyl sites for hydroxylation is 1. The summed E-state index contributed by atoms with van der Waals surface area (Å²) >= 11 is 0. The molecule has 3 aromatic carbocycles. The highest BCUT2D eigenvalue weighted by Crippen LogP contribution is 2.38. The van der Waals surface area contributed by atoms with Gasteiger partial charge in [0.05, 0.1) is 5.92 Å². The molecule has 0 unspecified atom stereocenters. The van der Waals surface area contributed by atoms with Crippen molar-refractivity contribution in [2.24, 2.45) is 5.92 Å². The van der Waals surface area contributed by atoms with Crippen molar-refractivity contribution in [2.75, 3.05) is 0 Å². The standard InChI is InChI=1S/C28H24FN3O3/c1-16-9-19(7-8-25(16)17-3-2-4-23(29)11-17)27-30-26(31-35-27)18-5-6-20-14-32(15-22(20)10-18)24-12-21(13-24)28(33)34/h2-11,21,24H,12-15H2,1H3,(H,33,34). The summed E-state index contributed by atoms with van der Waals surface area (Å²) in [4.78, 5) is 18.1. The van der Waals surface area contributed by atoms with Gasteiger partial charge in [-0.05, 0) is 77.9 Å². The Morgan fingerprint density at radius 2 is 1.80 bits per heavy atom. The van der Waals surface area contributed by atoms with Crippen molar-refractivity contribution >= 4 is 5.97 Å². The molecule has 1 fully saturated rings. The molecule has 6 nitrogen and oxygen atoms in total. The maximum atomic E-state index is 13.6. The number of hydrogen-bond donors (Lipinski definition) is 1. The van der Waals surface area contributed by atoms with E-state index in [4.69, 9.17) is 9.63 Å². The van der Waals surface area contributed by atoms with E-state index in [-0.39, 0.29) is 11.7 Å². The van der Waals surface area contributed by atoms with Crippen LogP contribution in [0.5, 0.6) is 0 Å². The van der Waals surface area contributed by atoms with Crippen LogP contribution in [-0.4, -0.2) is 32.2 Å². The maximum absolute atomic E-state index is 13.6. The molecule has 0 atom stereocenters. The van der Waals surface area contributed by atoms with Crippen LogP contribution < -0.4 is 0 Å². The summed E-state index contributed by atoms with van der Waals surface area (Å²) in [5, 5.41) is 13.4. The monoisotopic (exact) mass is 469 g/mol. The minimum atomic E-state index is -0.688. The van der Waals surface area contributed by atoms with Crippen LogP contribution in [0.1, 0.15) is 29.5 Å². The number of benzene rings is 3. The van der Waals surface area contributed by atoms with E-state index in [9.17, 15) is 9.18 Å². The van der Waals surface area contributed by atoms with Gasteiger partial charge in [0.25, 0.3) is 5.89 Å². The summed E-state index contributed by atoms with van der Waals surface area (Å²) in [5.41, 5.74) is 6.97. The summed E-state index contributed by atoms with van der Waals surface area (Å²) in [6.45, 7) is 3.64. The smallest absolute Gasteiger partial charge is 0.306 e. The largest absolute Gasteiger partial charge is 0.481 e. The zero-order valence-electron chi connectivity index (χ0n) is 19.2. The first-order valence-electron chi connectivity index (χ1n) is 11.7. The Balaban J connectivity index is 1.20. The third-order valence-electron chi connectivity index (χ3n) is 7.23. The normalized spacial score (nSPS) is 19.4. The lowest BCUT2D eigenvalue weighted by Gasteiger charge is -2.39. The Hall–Kier alpha value is -3.84. The summed E-state index contributed by atoms with van der Waals surface area (Å²) in [6, 6.07) is 18.9. The zero-order chi connectivity index (χ0) is 24.1. The van der Waals surface area contributed by atoms with Crippen LogP contribution in [0.15, 0.2) is 65.2 Å². The predicted octanol–water partition coefficient (Wildman–Crippen LogP) is 5.70. The summed E-state index contributed by atoms with van der Waals surface area (Å²) in [7, 11) is 0. The molecule has 176 valence electrons. The van der Waals surface area contributed by atoms with Crippen molar-refractivity contribution in [2.45, 2.75) is 38.9 Å². The van der Waals surface area contributed by atoms with Gasteiger partial charge in [-0.1, -0.05) is 35.5 Å². The SMILES string of the molecule is Cc1cc(-c2nc(-c3ccc4c(c3)CN(C3CC(C(=O)O)C3)C4)no2)ccc1-c1cccc(F)c1. The lowest BCUT2D eigenvalue weighted by atomic mass is 9.79. The van der Waals surface area contributed by atoms with Gasteiger partial charge in [-0.25, -0.2) is 4.39 Å². The van der Waals surface area contributed by atoms with E-state index in [1.807, 2.05) is 37.3 Å². The molecule has 0 saturated heterocycles. The Morgan fingerprint density at radius 1 is 1.00 bits per heavy atom. The highest BCUT2D eigenvalue weighted by atomic mass is 19.1. The molecule has 6 rings (SSSR count). The minimum absolute atomic E-state index is 0.205. The fraction of sp³-hybridized carbons (Fsp3) is 0.250. The van der Waals surface area contributed by atoms with Gasteiger partial charge >= 0.3 is 5.97 Å². The number of halogens is 1. The molecule has 1 aliphatic carbocycles. The second kappa shape index (κ2) is 8.43. The molecule has 0 radical (unpaired) electrons. The number of carbonyl (C=O) groups is 1. The van der Waals surface area contributed by atoms with Crippen molar-refractivity contribution < 1.29 is 18.8 Å². The van der Waals surface area contributed by atoms with Crippen molar-refractivity contribution in [3.05, 3.63) is 83.2 Å². The number of aliphatic carboxylic acids is 1. The second-order valence-corrected chi connectivity index (χ2v) is 9.51. The first-order chi connectivity index (χ1) is 16.9. The van der Waals surface area contributed by atoms with Gasteiger partial charge in [-0.3, -0.25) is 9.69 Å². The van der Waals surface area contributed by atoms with Crippen molar-refractivity contribution in [3.63, 3.8) is 0 Å². The van der Waals surface area contributed by atoms with Crippen LogP contribution in [0.2, 0.25) is 0 Å². The molecule has 2 heterocycles. The number of carboxylic acids is 1. The lowest BCUT2D eigenvalue weighted by Crippen LogP contribution is -2.44. The van der Waals surface area contributed by atoms with Crippen molar-refractivity contribution in [3.8, 4) is 34.0 Å². The van der Waals surface area contributed by atoms with Crippen LogP contribution in [-0.2, 0) is 17.9 Å². The lowest BCUT2D eigenvalue weighted by molar-refractivity contribution is -0.147. The molecule has 7 heteroatoms. The molecule has 1 aliphatic heterocycles. The van der Waals surface area contributed by atoms with Gasteiger partial charge in [0.2, 0.25) is 5.82 Å². The first kappa shape index (κ1) is 21.7. The topological polar surface area (TPSA) is 79.5 Å². The number of hydrogen-bond acceptors (Lipinski definition) is 5. The van der Waals surface area contributed by atoms with Gasteiger partial charge in [0, 0.05) is 30.3 Å². The minimum Gasteiger partial charge on any atom is -0.481 e. The van der Waals surface area contributed by atoms with Crippen molar-refractivity contribution in [1.82, 2.24) is 15.0 Å². The molecule has 0 spiro atoms. The van der Waals surface area contributed by atoms with E-state index in [1.54, 1.807) is 6.07 Å². The predicted molar refractivity (Wildman–Crippen MR) is 129 cm³/mol. The molecule has 1 N–H and O–H groups in total.